The molecule has 9 rings (SSSR count). The maximum absolute atomic E-state index is 2.41. The molecule has 0 saturated carbocycles. The summed E-state index contributed by atoms with van der Waals surface area (Å²) in [5.41, 5.74) is 7.97. The standard InChI is InChI=1S/C48H38/c1-3-7-31-9-5-11-33(25-31)35-13-19-41-37(27-35)15-23-45-43(41)21-17-39-30-48-40(29-47(39)45)18-22-44-42-20-14-36(28-38(42)16-24-46(44)48)34-12-6-10-32(26-34)8-4-2/h5-6,9-30H,3-4,7-8H2,1-2H3. The van der Waals surface area contributed by atoms with Crippen molar-refractivity contribution >= 4 is 64.6 Å². The third-order valence-corrected chi connectivity index (χ3v) is 10.4. The summed E-state index contributed by atoms with van der Waals surface area (Å²) in [5.74, 6) is 0. The van der Waals surface area contributed by atoms with Gasteiger partial charge in [0.05, 0.1) is 0 Å². The van der Waals surface area contributed by atoms with E-state index >= 15 is 0 Å². The van der Waals surface area contributed by atoms with E-state index in [-0.39, 0.29) is 0 Å². The van der Waals surface area contributed by atoms with Gasteiger partial charge in [-0.1, -0.05) is 148 Å². The van der Waals surface area contributed by atoms with Crippen LogP contribution < -0.4 is 0 Å². The van der Waals surface area contributed by atoms with E-state index in [1.807, 2.05) is 0 Å². The second kappa shape index (κ2) is 11.7. The van der Waals surface area contributed by atoms with Crippen molar-refractivity contribution in [1.29, 1.82) is 0 Å². The highest BCUT2D eigenvalue weighted by atomic mass is 14.2. The van der Waals surface area contributed by atoms with E-state index < -0.39 is 0 Å². The molecule has 48 heavy (non-hydrogen) atoms. The Bertz CT molecular complexity index is 2500. The number of benzene rings is 9. The van der Waals surface area contributed by atoms with Gasteiger partial charge in [-0.3, -0.25) is 0 Å². The number of hydrogen-bond donors (Lipinski definition) is 0. The molecular weight excluding hydrogens is 577 g/mol. The summed E-state index contributed by atoms with van der Waals surface area (Å²) in [4.78, 5) is 0. The second-order valence-electron chi connectivity index (χ2n) is 13.5. The van der Waals surface area contributed by atoms with Crippen molar-refractivity contribution in [3.63, 3.8) is 0 Å². The molecule has 0 spiro atoms. The van der Waals surface area contributed by atoms with Gasteiger partial charge >= 0.3 is 0 Å². The minimum atomic E-state index is 1.12. The molecule has 0 aromatic heterocycles. The Balaban J connectivity index is 1.14. The fourth-order valence-corrected chi connectivity index (χ4v) is 8.01. The van der Waals surface area contributed by atoms with E-state index in [0.29, 0.717) is 0 Å². The molecule has 0 nitrogen and oxygen atoms in total. The summed E-state index contributed by atoms with van der Waals surface area (Å²) in [5, 5.41) is 15.6. The van der Waals surface area contributed by atoms with Crippen molar-refractivity contribution in [1.82, 2.24) is 0 Å². The van der Waals surface area contributed by atoms with Crippen molar-refractivity contribution in [3.8, 4) is 22.3 Å². The van der Waals surface area contributed by atoms with Gasteiger partial charge in [-0.15, -0.1) is 0 Å². The lowest BCUT2D eigenvalue weighted by atomic mass is 9.91. The van der Waals surface area contributed by atoms with Gasteiger partial charge in [0.15, 0.2) is 0 Å². The summed E-state index contributed by atoms with van der Waals surface area (Å²) < 4.78 is 0. The van der Waals surface area contributed by atoms with Crippen LogP contribution in [0.1, 0.15) is 37.8 Å². The lowest BCUT2D eigenvalue weighted by Gasteiger charge is -2.13. The molecule has 9 aromatic rings. The molecule has 0 radical (unpaired) electrons. The van der Waals surface area contributed by atoms with Crippen LogP contribution in [0.15, 0.2) is 146 Å². The van der Waals surface area contributed by atoms with Crippen LogP contribution in [0.2, 0.25) is 0 Å². The first-order chi connectivity index (χ1) is 23.7. The van der Waals surface area contributed by atoms with E-state index in [1.54, 1.807) is 0 Å². The number of aryl methyl sites for hydroxylation is 2. The quantitative estimate of drug-likeness (QED) is 0.129. The zero-order chi connectivity index (χ0) is 32.2. The van der Waals surface area contributed by atoms with Crippen LogP contribution in [-0.4, -0.2) is 0 Å². The molecule has 0 amide bonds. The summed E-state index contributed by atoms with van der Waals surface area (Å²) in [7, 11) is 0. The summed E-state index contributed by atoms with van der Waals surface area (Å²) in [6, 6.07) is 55.3. The van der Waals surface area contributed by atoms with Crippen LogP contribution in [0.5, 0.6) is 0 Å². The fraction of sp³-hybridized carbons (Fsp3) is 0.125. The Morgan fingerprint density at radius 3 is 1.06 bits per heavy atom. The van der Waals surface area contributed by atoms with Gasteiger partial charge in [-0.05, 0) is 135 Å². The minimum absolute atomic E-state index is 1.12. The Kier molecular flexibility index (Phi) is 6.98. The average Bonchev–Trinajstić information content (AvgIpc) is 3.13. The van der Waals surface area contributed by atoms with E-state index in [9.17, 15) is 0 Å². The van der Waals surface area contributed by atoms with Crippen LogP contribution in [0, 0.1) is 0 Å². The van der Waals surface area contributed by atoms with Gasteiger partial charge in [0, 0.05) is 0 Å². The lowest BCUT2D eigenvalue weighted by molar-refractivity contribution is 0.922. The third kappa shape index (κ3) is 4.83. The van der Waals surface area contributed by atoms with Crippen molar-refractivity contribution in [2.75, 3.05) is 0 Å². The highest BCUT2D eigenvalue weighted by Crippen LogP contribution is 2.39. The van der Waals surface area contributed by atoms with Crippen molar-refractivity contribution in [2.45, 2.75) is 39.5 Å². The molecule has 0 heterocycles. The first kappa shape index (κ1) is 28.7. The van der Waals surface area contributed by atoms with E-state index in [1.165, 1.54) is 111 Å². The van der Waals surface area contributed by atoms with Crippen molar-refractivity contribution in [2.24, 2.45) is 0 Å². The molecule has 0 N–H and O–H groups in total. The van der Waals surface area contributed by atoms with Crippen LogP contribution in [-0.2, 0) is 12.8 Å². The molecule has 0 aliphatic heterocycles. The number of hydrogen-bond acceptors (Lipinski definition) is 0. The van der Waals surface area contributed by atoms with E-state index in [0.717, 1.165) is 12.8 Å². The second-order valence-corrected chi connectivity index (χ2v) is 13.5. The van der Waals surface area contributed by atoms with Gasteiger partial charge in [-0.2, -0.15) is 0 Å². The molecule has 0 heteroatoms. The highest BCUT2D eigenvalue weighted by Gasteiger charge is 2.11. The number of fused-ring (bicyclic) bond motifs is 10. The molecule has 0 bridgehead atoms. The van der Waals surface area contributed by atoms with Gasteiger partial charge in [-0.25, -0.2) is 0 Å². The van der Waals surface area contributed by atoms with Crippen molar-refractivity contribution in [3.05, 3.63) is 157 Å². The fourth-order valence-electron chi connectivity index (χ4n) is 8.01. The molecule has 0 saturated heterocycles. The Labute approximate surface area is 282 Å². The van der Waals surface area contributed by atoms with Crippen LogP contribution in [0.4, 0.5) is 0 Å². The van der Waals surface area contributed by atoms with Gasteiger partial charge in [0.1, 0.15) is 0 Å². The summed E-state index contributed by atoms with van der Waals surface area (Å²) >= 11 is 0. The Hall–Kier alpha value is -5.46. The van der Waals surface area contributed by atoms with Crippen LogP contribution in [0.25, 0.3) is 86.9 Å². The predicted molar refractivity (Wildman–Crippen MR) is 210 cm³/mol. The maximum atomic E-state index is 2.41. The Morgan fingerprint density at radius 2 is 0.646 bits per heavy atom. The van der Waals surface area contributed by atoms with Crippen LogP contribution >= 0.6 is 0 Å². The molecule has 0 aliphatic carbocycles. The average molecular weight is 615 g/mol. The molecule has 0 aliphatic rings. The molecule has 9 aromatic carbocycles. The Morgan fingerprint density at radius 1 is 0.292 bits per heavy atom. The van der Waals surface area contributed by atoms with Crippen molar-refractivity contribution < 1.29 is 0 Å². The van der Waals surface area contributed by atoms with Gasteiger partial charge < -0.3 is 0 Å². The monoisotopic (exact) mass is 614 g/mol. The molecule has 0 unspecified atom stereocenters. The SMILES string of the molecule is CCCc1cccc(-c2ccc3c(ccc4c5cc6ccc7c8ccc(-c9cccc(CCC)c9)cc8ccc7c6cc5ccc34)c2)c1. The minimum Gasteiger partial charge on any atom is -0.0651 e. The van der Waals surface area contributed by atoms with Gasteiger partial charge in [0.25, 0.3) is 0 Å². The topological polar surface area (TPSA) is 0 Å². The van der Waals surface area contributed by atoms with Gasteiger partial charge in [0.2, 0.25) is 0 Å². The normalized spacial score (nSPS) is 11.9. The largest absolute Gasteiger partial charge is 0.0651 e. The molecule has 0 atom stereocenters. The third-order valence-electron chi connectivity index (χ3n) is 10.4. The summed E-state index contributed by atoms with van der Waals surface area (Å²) in [6.45, 7) is 4.49. The van der Waals surface area contributed by atoms with E-state index in [2.05, 4.69) is 159 Å². The van der Waals surface area contributed by atoms with E-state index in [4.69, 9.17) is 0 Å². The first-order valence-electron chi connectivity index (χ1n) is 17.5. The molecular formula is C48H38. The smallest absolute Gasteiger partial charge is 0.00987 e. The lowest BCUT2D eigenvalue weighted by Crippen LogP contribution is -1.87. The summed E-state index contributed by atoms with van der Waals surface area (Å²) in [6.07, 6.45) is 4.57. The number of rotatable bonds is 6. The molecule has 0 fully saturated rings. The van der Waals surface area contributed by atoms with Crippen LogP contribution in [0.3, 0.4) is 0 Å². The predicted octanol–water partition coefficient (Wildman–Crippen LogP) is 13.8. The zero-order valence-corrected chi connectivity index (χ0v) is 27.7. The molecule has 230 valence electrons. The first-order valence-corrected chi connectivity index (χ1v) is 17.5. The maximum Gasteiger partial charge on any atom is -0.00987 e. The highest BCUT2D eigenvalue weighted by molar-refractivity contribution is 6.23. The zero-order valence-electron chi connectivity index (χ0n) is 27.7.